The van der Waals surface area contributed by atoms with Crippen LogP contribution in [0.3, 0.4) is 0 Å². The van der Waals surface area contributed by atoms with E-state index < -0.39 is 0 Å². The normalized spacial score (nSPS) is 12.1. The van der Waals surface area contributed by atoms with Gasteiger partial charge in [-0.1, -0.05) is 0 Å². The lowest BCUT2D eigenvalue weighted by Gasteiger charge is -2.11. The molecule has 88 valence electrons. The van der Waals surface area contributed by atoms with E-state index >= 15 is 0 Å². The number of amides is 1. The maximum atomic E-state index is 11.9. The van der Waals surface area contributed by atoms with Gasteiger partial charge < -0.3 is 9.73 Å². The second kappa shape index (κ2) is 5.10. The van der Waals surface area contributed by atoms with E-state index in [1.165, 1.54) is 0 Å². The number of thiol groups is 1. The van der Waals surface area contributed by atoms with Crippen molar-refractivity contribution >= 4 is 18.5 Å². The van der Waals surface area contributed by atoms with Crippen LogP contribution in [-0.2, 0) is 0 Å². The molecular formula is C13H13NO2S. The van der Waals surface area contributed by atoms with Crippen LogP contribution in [0, 0.1) is 0 Å². The predicted octanol–water partition coefficient (Wildman–Crippen LogP) is 3.06. The molecule has 1 aromatic heterocycles. The number of hydrogen-bond acceptors (Lipinski definition) is 3. The van der Waals surface area contributed by atoms with Crippen LogP contribution in [0.4, 0.5) is 0 Å². The third-order valence-electron chi connectivity index (χ3n) is 2.45. The summed E-state index contributed by atoms with van der Waals surface area (Å²) in [5.41, 5.74) is 0.612. The van der Waals surface area contributed by atoms with Crippen molar-refractivity contribution in [3.8, 4) is 0 Å². The second-order valence-electron chi connectivity index (χ2n) is 3.76. The smallest absolute Gasteiger partial charge is 0.251 e. The van der Waals surface area contributed by atoms with Gasteiger partial charge in [-0.15, -0.1) is 12.6 Å². The van der Waals surface area contributed by atoms with Crippen LogP contribution in [0.1, 0.15) is 29.1 Å². The van der Waals surface area contributed by atoms with E-state index in [1.54, 1.807) is 36.6 Å². The number of rotatable bonds is 3. The van der Waals surface area contributed by atoms with E-state index in [-0.39, 0.29) is 11.9 Å². The highest BCUT2D eigenvalue weighted by molar-refractivity contribution is 7.80. The Labute approximate surface area is 105 Å². The van der Waals surface area contributed by atoms with Crippen LogP contribution in [-0.4, -0.2) is 5.91 Å². The standard InChI is InChI=1S/C13H13NO2S/c1-9(12-3-2-8-16-12)14-13(15)10-4-6-11(17)7-5-10/h2-9,17H,1H3,(H,14,15). The third kappa shape index (κ3) is 2.91. The first-order valence-corrected chi connectivity index (χ1v) is 5.75. The molecule has 3 nitrogen and oxygen atoms in total. The predicted molar refractivity (Wildman–Crippen MR) is 68.3 cm³/mol. The zero-order valence-electron chi connectivity index (χ0n) is 9.38. The molecule has 1 N–H and O–H groups in total. The Morgan fingerprint density at radius 2 is 2.00 bits per heavy atom. The Morgan fingerprint density at radius 1 is 1.29 bits per heavy atom. The molecule has 1 amide bonds. The van der Waals surface area contributed by atoms with Crippen LogP contribution in [0.25, 0.3) is 0 Å². The van der Waals surface area contributed by atoms with Crippen molar-refractivity contribution < 1.29 is 9.21 Å². The fraction of sp³-hybridized carbons (Fsp3) is 0.154. The molecule has 0 aliphatic rings. The van der Waals surface area contributed by atoms with Gasteiger partial charge in [0.2, 0.25) is 0 Å². The first-order valence-electron chi connectivity index (χ1n) is 5.30. The summed E-state index contributed by atoms with van der Waals surface area (Å²) in [4.78, 5) is 12.7. The first kappa shape index (κ1) is 11.8. The van der Waals surface area contributed by atoms with Gasteiger partial charge >= 0.3 is 0 Å². The molecule has 1 heterocycles. The number of nitrogens with one attached hydrogen (secondary N) is 1. The summed E-state index contributed by atoms with van der Waals surface area (Å²) in [6.45, 7) is 1.88. The summed E-state index contributed by atoms with van der Waals surface area (Å²) in [5.74, 6) is 0.617. The van der Waals surface area contributed by atoms with Gasteiger partial charge in [0.25, 0.3) is 5.91 Å². The van der Waals surface area contributed by atoms with Gasteiger partial charge in [-0.05, 0) is 43.3 Å². The highest BCUT2D eigenvalue weighted by Gasteiger charge is 2.12. The average molecular weight is 247 g/mol. The number of benzene rings is 1. The minimum Gasteiger partial charge on any atom is -0.467 e. The van der Waals surface area contributed by atoms with Gasteiger partial charge in [0, 0.05) is 10.5 Å². The lowest BCUT2D eigenvalue weighted by molar-refractivity contribution is 0.0935. The van der Waals surface area contributed by atoms with E-state index in [0.717, 1.165) is 10.7 Å². The maximum Gasteiger partial charge on any atom is 0.251 e. The van der Waals surface area contributed by atoms with Crippen LogP contribution in [0.2, 0.25) is 0 Å². The molecule has 2 aromatic rings. The number of carbonyl (C=O) groups excluding carboxylic acids is 1. The zero-order valence-corrected chi connectivity index (χ0v) is 10.3. The Balaban J connectivity index is 2.04. The molecular weight excluding hydrogens is 234 g/mol. The molecule has 1 unspecified atom stereocenters. The Morgan fingerprint density at radius 3 is 2.59 bits per heavy atom. The molecule has 4 heteroatoms. The molecule has 1 aromatic carbocycles. The van der Waals surface area contributed by atoms with Crippen molar-refractivity contribution in [2.75, 3.05) is 0 Å². The minimum atomic E-state index is -0.145. The topological polar surface area (TPSA) is 42.2 Å². The van der Waals surface area contributed by atoms with Crippen LogP contribution < -0.4 is 5.32 Å². The quantitative estimate of drug-likeness (QED) is 0.818. The molecule has 1 atom stereocenters. The molecule has 0 saturated heterocycles. The van der Waals surface area contributed by atoms with E-state index in [4.69, 9.17) is 4.42 Å². The number of furan rings is 1. The molecule has 0 spiro atoms. The van der Waals surface area contributed by atoms with E-state index in [1.807, 2.05) is 13.0 Å². The van der Waals surface area contributed by atoms with E-state index in [9.17, 15) is 4.79 Å². The summed E-state index contributed by atoms with van der Waals surface area (Å²) in [5, 5.41) is 2.86. The van der Waals surface area contributed by atoms with Crippen LogP contribution >= 0.6 is 12.6 Å². The molecule has 0 bridgehead atoms. The lowest BCUT2D eigenvalue weighted by Crippen LogP contribution is -2.26. The largest absolute Gasteiger partial charge is 0.467 e. The molecule has 0 saturated carbocycles. The van der Waals surface area contributed by atoms with Gasteiger partial charge in [0.1, 0.15) is 5.76 Å². The minimum absolute atomic E-state index is 0.123. The third-order valence-corrected chi connectivity index (χ3v) is 2.75. The van der Waals surface area contributed by atoms with Crippen LogP contribution in [0.15, 0.2) is 52.0 Å². The van der Waals surface area contributed by atoms with Gasteiger partial charge in [-0.3, -0.25) is 4.79 Å². The zero-order chi connectivity index (χ0) is 12.3. The van der Waals surface area contributed by atoms with Crippen molar-refractivity contribution in [1.29, 1.82) is 0 Å². The summed E-state index contributed by atoms with van der Waals surface area (Å²) in [6, 6.07) is 10.5. The summed E-state index contributed by atoms with van der Waals surface area (Å²) in [6.07, 6.45) is 1.59. The first-order chi connectivity index (χ1) is 8.16. The van der Waals surface area contributed by atoms with Crippen molar-refractivity contribution in [2.45, 2.75) is 17.9 Å². The second-order valence-corrected chi connectivity index (χ2v) is 4.27. The van der Waals surface area contributed by atoms with Gasteiger partial charge in [0.15, 0.2) is 0 Å². The highest BCUT2D eigenvalue weighted by atomic mass is 32.1. The Kier molecular flexibility index (Phi) is 3.54. The molecule has 0 fully saturated rings. The SMILES string of the molecule is CC(NC(=O)c1ccc(S)cc1)c1ccco1. The Bertz CT molecular complexity index is 491. The summed E-state index contributed by atoms with van der Waals surface area (Å²) >= 11 is 4.17. The molecule has 2 rings (SSSR count). The van der Waals surface area contributed by atoms with Crippen molar-refractivity contribution in [2.24, 2.45) is 0 Å². The summed E-state index contributed by atoms with van der Waals surface area (Å²) < 4.78 is 5.22. The van der Waals surface area contributed by atoms with Gasteiger partial charge in [-0.2, -0.15) is 0 Å². The highest BCUT2D eigenvalue weighted by Crippen LogP contribution is 2.14. The number of carbonyl (C=O) groups is 1. The lowest BCUT2D eigenvalue weighted by atomic mass is 10.2. The fourth-order valence-electron chi connectivity index (χ4n) is 1.50. The van der Waals surface area contributed by atoms with Crippen molar-refractivity contribution in [1.82, 2.24) is 5.32 Å². The molecule has 0 radical (unpaired) electrons. The number of hydrogen-bond donors (Lipinski definition) is 2. The average Bonchev–Trinajstić information content (AvgIpc) is 2.83. The van der Waals surface area contributed by atoms with Gasteiger partial charge in [-0.25, -0.2) is 0 Å². The van der Waals surface area contributed by atoms with Crippen molar-refractivity contribution in [3.63, 3.8) is 0 Å². The van der Waals surface area contributed by atoms with Crippen molar-refractivity contribution in [3.05, 3.63) is 54.0 Å². The van der Waals surface area contributed by atoms with E-state index in [2.05, 4.69) is 17.9 Å². The Hall–Kier alpha value is -1.68. The fourth-order valence-corrected chi connectivity index (χ4v) is 1.65. The molecule has 0 aliphatic carbocycles. The maximum absolute atomic E-state index is 11.9. The van der Waals surface area contributed by atoms with Crippen LogP contribution in [0.5, 0.6) is 0 Å². The molecule has 17 heavy (non-hydrogen) atoms. The summed E-state index contributed by atoms with van der Waals surface area (Å²) in [7, 11) is 0. The monoisotopic (exact) mass is 247 g/mol. The van der Waals surface area contributed by atoms with Gasteiger partial charge in [0.05, 0.1) is 12.3 Å². The molecule has 0 aliphatic heterocycles. The van der Waals surface area contributed by atoms with E-state index in [0.29, 0.717) is 5.56 Å².